The van der Waals surface area contributed by atoms with E-state index in [2.05, 4.69) is 10.2 Å². The molecule has 3 saturated heterocycles. The molecule has 0 aromatic heterocycles. The molecule has 0 radical (unpaired) electrons. The first-order valence-corrected chi connectivity index (χ1v) is 8.06. The molecule has 16 heavy (non-hydrogen) atoms. The molecular weight excluding hydrogens is 224 g/mol. The number of nitrogens with one attached hydrogen (secondary N) is 1. The van der Waals surface area contributed by atoms with Crippen molar-refractivity contribution < 1.29 is 8.42 Å². The van der Waals surface area contributed by atoms with Crippen molar-refractivity contribution >= 4 is 9.84 Å². The molecule has 2 atom stereocenters. The Hall–Kier alpha value is -0.130. The maximum absolute atomic E-state index is 11.5. The minimum absolute atomic E-state index is 0.310. The molecule has 3 aliphatic heterocycles. The first-order valence-electron chi connectivity index (χ1n) is 6.24. The van der Waals surface area contributed by atoms with E-state index in [1.54, 1.807) is 0 Å². The number of rotatable bonds is 1. The second-order valence-electron chi connectivity index (χ2n) is 5.70. The molecule has 0 saturated carbocycles. The highest BCUT2D eigenvalue weighted by Gasteiger charge is 2.44. The van der Waals surface area contributed by atoms with Gasteiger partial charge in [-0.1, -0.05) is 0 Å². The first kappa shape index (κ1) is 11.0. The van der Waals surface area contributed by atoms with Crippen LogP contribution in [-0.2, 0) is 9.84 Å². The molecule has 0 aliphatic carbocycles. The summed E-state index contributed by atoms with van der Waals surface area (Å²) in [4.78, 5) is 2.43. The largest absolute Gasteiger partial charge is 0.316 e. The number of hydrogen-bond acceptors (Lipinski definition) is 4. The summed E-state index contributed by atoms with van der Waals surface area (Å²) < 4.78 is 22.9. The van der Waals surface area contributed by atoms with E-state index in [1.807, 2.05) is 0 Å². The second kappa shape index (κ2) is 3.68. The highest BCUT2D eigenvalue weighted by molar-refractivity contribution is 7.91. The highest BCUT2D eigenvalue weighted by atomic mass is 32.2. The zero-order valence-electron chi connectivity index (χ0n) is 9.61. The molecule has 0 amide bonds. The smallest absolute Gasteiger partial charge is 0.151 e. The van der Waals surface area contributed by atoms with Crippen LogP contribution in [0.25, 0.3) is 0 Å². The van der Waals surface area contributed by atoms with Crippen LogP contribution in [0.15, 0.2) is 0 Å². The van der Waals surface area contributed by atoms with Gasteiger partial charge in [-0.3, -0.25) is 4.90 Å². The number of hydrogen-bond donors (Lipinski definition) is 1. The zero-order chi connectivity index (χ0) is 11.2. The van der Waals surface area contributed by atoms with Gasteiger partial charge in [-0.2, -0.15) is 0 Å². The fourth-order valence-corrected chi connectivity index (χ4v) is 5.25. The predicted molar refractivity (Wildman–Crippen MR) is 63.2 cm³/mol. The molecule has 92 valence electrons. The van der Waals surface area contributed by atoms with Crippen molar-refractivity contribution in [1.82, 2.24) is 10.2 Å². The minimum Gasteiger partial charge on any atom is -0.316 e. The van der Waals surface area contributed by atoms with Gasteiger partial charge in [-0.25, -0.2) is 8.42 Å². The molecule has 3 rings (SSSR count). The van der Waals surface area contributed by atoms with Gasteiger partial charge in [0.1, 0.15) is 0 Å². The van der Waals surface area contributed by atoms with Gasteiger partial charge in [0, 0.05) is 19.1 Å². The van der Waals surface area contributed by atoms with Crippen LogP contribution in [0.5, 0.6) is 0 Å². The lowest BCUT2D eigenvalue weighted by molar-refractivity contribution is 0.225. The minimum atomic E-state index is -2.73. The van der Waals surface area contributed by atoms with Crippen molar-refractivity contribution in [2.45, 2.75) is 25.3 Å². The van der Waals surface area contributed by atoms with Crippen molar-refractivity contribution in [2.75, 3.05) is 37.7 Å². The van der Waals surface area contributed by atoms with Crippen LogP contribution in [0.1, 0.15) is 19.3 Å². The van der Waals surface area contributed by atoms with Crippen LogP contribution in [-0.4, -0.2) is 57.0 Å². The van der Waals surface area contributed by atoms with Crippen LogP contribution in [0.4, 0.5) is 0 Å². The number of sulfone groups is 1. The summed E-state index contributed by atoms with van der Waals surface area (Å²) in [6.45, 7) is 4.47. The Morgan fingerprint density at radius 2 is 2.19 bits per heavy atom. The molecule has 5 heteroatoms. The van der Waals surface area contributed by atoms with Crippen molar-refractivity contribution in [3.05, 3.63) is 0 Å². The van der Waals surface area contributed by atoms with E-state index in [0.29, 0.717) is 23.0 Å². The maximum atomic E-state index is 11.5. The Morgan fingerprint density at radius 3 is 2.81 bits per heavy atom. The maximum Gasteiger partial charge on any atom is 0.151 e. The summed E-state index contributed by atoms with van der Waals surface area (Å²) in [7, 11) is -2.73. The highest BCUT2D eigenvalue weighted by Crippen LogP contribution is 2.38. The van der Waals surface area contributed by atoms with Gasteiger partial charge in [-0.05, 0) is 37.8 Å². The summed E-state index contributed by atoms with van der Waals surface area (Å²) in [6.07, 6.45) is 3.37. The molecule has 3 heterocycles. The number of likely N-dealkylation sites (tertiary alicyclic amines) is 1. The molecular formula is C11H20N2O2S. The van der Waals surface area contributed by atoms with E-state index in [9.17, 15) is 8.42 Å². The Morgan fingerprint density at radius 1 is 1.31 bits per heavy atom. The zero-order valence-corrected chi connectivity index (χ0v) is 10.4. The van der Waals surface area contributed by atoms with Crippen LogP contribution in [0.3, 0.4) is 0 Å². The van der Waals surface area contributed by atoms with Crippen LogP contribution in [0.2, 0.25) is 0 Å². The second-order valence-corrected chi connectivity index (χ2v) is 7.93. The quantitative estimate of drug-likeness (QED) is 0.697. The Balaban J connectivity index is 1.66. The molecule has 2 unspecified atom stereocenters. The van der Waals surface area contributed by atoms with Gasteiger partial charge in [0.05, 0.1) is 11.5 Å². The normalized spacial score (nSPS) is 43.4. The molecule has 3 aliphatic rings. The summed E-state index contributed by atoms with van der Waals surface area (Å²) in [5.41, 5.74) is 0.465. The molecule has 1 N–H and O–H groups in total. The molecule has 0 aromatic rings. The average molecular weight is 244 g/mol. The molecule has 0 bridgehead atoms. The SMILES string of the molecule is O=S1(=O)CCC(N2CCC3(CCNC3)C2)C1. The van der Waals surface area contributed by atoms with Crippen molar-refractivity contribution in [3.8, 4) is 0 Å². The molecule has 3 fully saturated rings. The lowest BCUT2D eigenvalue weighted by Gasteiger charge is -2.26. The Labute approximate surface area is 97.3 Å². The predicted octanol–water partition coefficient (Wildman–Crippen LogP) is -0.141. The Kier molecular flexibility index (Phi) is 2.53. The van der Waals surface area contributed by atoms with E-state index in [1.165, 1.54) is 12.8 Å². The first-order chi connectivity index (χ1) is 7.59. The summed E-state index contributed by atoms with van der Waals surface area (Å²) in [5, 5.41) is 3.44. The van der Waals surface area contributed by atoms with Gasteiger partial charge >= 0.3 is 0 Å². The van der Waals surface area contributed by atoms with Gasteiger partial charge in [-0.15, -0.1) is 0 Å². The third-order valence-electron chi connectivity index (χ3n) is 4.52. The van der Waals surface area contributed by atoms with E-state index in [0.717, 1.165) is 32.6 Å². The van der Waals surface area contributed by atoms with Gasteiger partial charge in [0.25, 0.3) is 0 Å². The summed E-state index contributed by atoms with van der Waals surface area (Å²) >= 11 is 0. The summed E-state index contributed by atoms with van der Waals surface area (Å²) in [6, 6.07) is 0.310. The van der Waals surface area contributed by atoms with E-state index >= 15 is 0 Å². The fourth-order valence-electron chi connectivity index (χ4n) is 3.49. The topological polar surface area (TPSA) is 49.4 Å². The van der Waals surface area contributed by atoms with Gasteiger partial charge in [0.15, 0.2) is 9.84 Å². The average Bonchev–Trinajstić information content (AvgIpc) is 2.90. The van der Waals surface area contributed by atoms with Crippen LogP contribution in [0, 0.1) is 5.41 Å². The molecule has 4 nitrogen and oxygen atoms in total. The van der Waals surface area contributed by atoms with Crippen molar-refractivity contribution in [3.63, 3.8) is 0 Å². The van der Waals surface area contributed by atoms with Crippen molar-refractivity contribution in [1.29, 1.82) is 0 Å². The molecule has 0 aromatic carbocycles. The van der Waals surface area contributed by atoms with E-state index < -0.39 is 9.84 Å². The van der Waals surface area contributed by atoms with E-state index in [4.69, 9.17) is 0 Å². The third-order valence-corrected chi connectivity index (χ3v) is 6.28. The lowest BCUT2D eigenvalue weighted by Crippen LogP contribution is -2.37. The molecule has 1 spiro atoms. The van der Waals surface area contributed by atoms with Crippen LogP contribution >= 0.6 is 0 Å². The fraction of sp³-hybridized carbons (Fsp3) is 1.00. The standard InChI is InChI=1S/C11H20N2O2S/c14-16(15)6-1-10(7-16)13-5-3-11(9-13)2-4-12-8-11/h10,12H,1-9H2. The summed E-state index contributed by atoms with van der Waals surface area (Å²) in [5.74, 6) is 0.802. The van der Waals surface area contributed by atoms with Crippen molar-refractivity contribution in [2.24, 2.45) is 5.41 Å². The van der Waals surface area contributed by atoms with E-state index in [-0.39, 0.29) is 0 Å². The third kappa shape index (κ3) is 1.89. The van der Waals surface area contributed by atoms with Gasteiger partial charge in [0.2, 0.25) is 0 Å². The monoisotopic (exact) mass is 244 g/mol. The lowest BCUT2D eigenvalue weighted by atomic mass is 9.86. The number of nitrogens with zero attached hydrogens (tertiary/aromatic N) is 1. The Bertz CT molecular complexity index is 373. The van der Waals surface area contributed by atoms with Crippen LogP contribution < -0.4 is 5.32 Å². The van der Waals surface area contributed by atoms with Gasteiger partial charge < -0.3 is 5.32 Å².